The lowest BCUT2D eigenvalue weighted by Crippen LogP contribution is -2.42. The molecule has 1 N–H and O–H groups in total. The van der Waals surface area contributed by atoms with E-state index in [2.05, 4.69) is 10.3 Å². The zero-order valence-electron chi connectivity index (χ0n) is 21.2. The topological polar surface area (TPSA) is 120 Å². The molecule has 0 spiro atoms. The Morgan fingerprint density at radius 1 is 1.19 bits per heavy atom. The molecule has 1 saturated heterocycles. The van der Waals surface area contributed by atoms with Crippen molar-refractivity contribution in [3.8, 4) is 11.5 Å². The van der Waals surface area contributed by atoms with E-state index in [9.17, 15) is 18.0 Å². The summed E-state index contributed by atoms with van der Waals surface area (Å²) in [5.74, 6) is 0.581. The molecule has 0 saturated carbocycles. The number of amides is 1. The van der Waals surface area contributed by atoms with E-state index in [1.165, 1.54) is 37.0 Å². The summed E-state index contributed by atoms with van der Waals surface area (Å²) in [7, 11) is -1.04. The summed E-state index contributed by atoms with van der Waals surface area (Å²) in [6.45, 7) is 6.12. The van der Waals surface area contributed by atoms with E-state index in [0.29, 0.717) is 40.0 Å². The third kappa shape index (κ3) is 5.33. The first-order chi connectivity index (χ1) is 17.5. The minimum atomic E-state index is -3.93. The van der Waals surface area contributed by atoms with E-state index >= 15 is 0 Å². The number of aryl methyl sites for hydroxylation is 1. The van der Waals surface area contributed by atoms with Crippen molar-refractivity contribution < 1.29 is 22.7 Å². The molecule has 13 heteroatoms. The average molecular weight is 569 g/mol. The molecular weight excluding hydrogens is 540 g/mol. The summed E-state index contributed by atoms with van der Waals surface area (Å²) in [6, 6.07) is 3.01. The molecule has 1 aromatic carbocycles. The van der Waals surface area contributed by atoms with Crippen LogP contribution in [0.5, 0.6) is 11.5 Å². The van der Waals surface area contributed by atoms with Gasteiger partial charge in [0.2, 0.25) is 15.9 Å². The number of sulfonamides is 1. The van der Waals surface area contributed by atoms with E-state index in [4.69, 9.17) is 21.1 Å². The van der Waals surface area contributed by atoms with Crippen LogP contribution < -0.4 is 20.3 Å². The van der Waals surface area contributed by atoms with Crippen LogP contribution in [-0.2, 0) is 21.4 Å². The van der Waals surface area contributed by atoms with Gasteiger partial charge in [-0.25, -0.2) is 13.4 Å². The van der Waals surface area contributed by atoms with Crippen LogP contribution in [-0.4, -0.2) is 55.5 Å². The third-order valence-electron chi connectivity index (χ3n) is 6.29. The van der Waals surface area contributed by atoms with E-state index in [-0.39, 0.29) is 33.7 Å². The van der Waals surface area contributed by atoms with E-state index in [1.807, 2.05) is 13.8 Å². The zero-order valence-corrected chi connectivity index (χ0v) is 23.6. The zero-order chi connectivity index (χ0) is 27.1. The second-order valence-corrected chi connectivity index (χ2v) is 12.8. The van der Waals surface area contributed by atoms with Crippen molar-refractivity contribution in [3.05, 3.63) is 38.7 Å². The van der Waals surface area contributed by atoms with Gasteiger partial charge < -0.3 is 14.8 Å². The fourth-order valence-electron chi connectivity index (χ4n) is 4.77. The highest BCUT2D eigenvalue weighted by Gasteiger charge is 2.36. The van der Waals surface area contributed by atoms with Gasteiger partial charge in [-0.15, -0.1) is 11.3 Å². The van der Waals surface area contributed by atoms with Crippen LogP contribution in [0, 0.1) is 18.8 Å². The molecule has 0 unspecified atom stereocenters. The fourth-order valence-corrected chi connectivity index (χ4v) is 8.36. The third-order valence-corrected chi connectivity index (χ3v) is 9.74. The van der Waals surface area contributed by atoms with E-state index < -0.39 is 21.5 Å². The van der Waals surface area contributed by atoms with Crippen molar-refractivity contribution in [3.63, 3.8) is 0 Å². The summed E-state index contributed by atoms with van der Waals surface area (Å²) in [5, 5.41) is 2.95. The number of fused-ring (bicyclic) bond motifs is 1. The lowest BCUT2D eigenvalue weighted by molar-refractivity contribution is -0.116. The lowest BCUT2D eigenvalue weighted by atomic mass is 9.94. The van der Waals surface area contributed by atoms with Gasteiger partial charge in [0.15, 0.2) is 0 Å². The number of aromatic nitrogens is 2. The molecule has 2 atom stereocenters. The first kappa shape index (κ1) is 27.4. The number of anilines is 1. The largest absolute Gasteiger partial charge is 0.495 e. The number of benzene rings is 1. The van der Waals surface area contributed by atoms with Crippen LogP contribution in [0.1, 0.15) is 25.1 Å². The smallest absolute Gasteiger partial charge is 0.263 e. The maximum atomic E-state index is 13.7. The van der Waals surface area contributed by atoms with Crippen molar-refractivity contribution in [2.75, 3.05) is 32.6 Å². The average Bonchev–Trinajstić information content (AvgIpc) is 3.18. The fraction of sp³-hybridized carbons (Fsp3) is 0.458. The number of halogens is 1. The van der Waals surface area contributed by atoms with Crippen LogP contribution >= 0.6 is 22.9 Å². The highest BCUT2D eigenvalue weighted by Crippen LogP contribution is 2.37. The number of hydrogen-bond donors (Lipinski definition) is 1. The standard InChI is InChI=1S/C24H29ClN4O6S2/c1-13-6-14(2)10-29(9-13)37(32,33)22-15(3)36-23-21(22)24(31)28(12-26-23)11-20(30)27-17-7-16(25)18(34-4)8-19(17)35-5/h7-8,12-14H,6,9-11H2,1-5H3,(H,27,30)/t13-,14-/m0/s1. The number of carbonyl (C=O) groups is 1. The number of nitrogens with zero attached hydrogens (tertiary/aromatic N) is 3. The van der Waals surface area contributed by atoms with Gasteiger partial charge in [0.25, 0.3) is 5.56 Å². The number of thiophene rings is 1. The molecule has 1 amide bonds. The predicted molar refractivity (Wildman–Crippen MR) is 144 cm³/mol. The number of nitrogens with one attached hydrogen (secondary N) is 1. The van der Waals surface area contributed by atoms with Crippen LogP contribution in [0.4, 0.5) is 5.69 Å². The number of methoxy groups -OCH3 is 2. The molecule has 1 fully saturated rings. The summed E-state index contributed by atoms with van der Waals surface area (Å²) in [4.78, 5) is 31.4. The summed E-state index contributed by atoms with van der Waals surface area (Å²) in [5.41, 5.74) is -0.302. The Bertz CT molecular complexity index is 1510. The normalized spacial score (nSPS) is 18.6. The molecule has 3 heterocycles. The molecular formula is C24H29ClN4O6S2. The molecule has 37 heavy (non-hydrogen) atoms. The molecule has 0 radical (unpaired) electrons. The highest BCUT2D eigenvalue weighted by atomic mass is 35.5. The molecule has 2 aromatic heterocycles. The van der Waals surface area contributed by atoms with Crippen LogP contribution in [0.2, 0.25) is 5.02 Å². The van der Waals surface area contributed by atoms with Gasteiger partial charge in [-0.1, -0.05) is 25.4 Å². The highest BCUT2D eigenvalue weighted by molar-refractivity contribution is 7.89. The monoisotopic (exact) mass is 568 g/mol. The Labute approximate surface area is 224 Å². The number of hydrogen-bond acceptors (Lipinski definition) is 8. The van der Waals surface area contributed by atoms with Crippen molar-refractivity contribution >= 4 is 54.8 Å². The molecule has 10 nitrogen and oxygen atoms in total. The quantitative estimate of drug-likeness (QED) is 0.461. The maximum absolute atomic E-state index is 13.7. The van der Waals surface area contributed by atoms with E-state index in [0.717, 1.165) is 22.3 Å². The summed E-state index contributed by atoms with van der Waals surface area (Å²) >= 11 is 7.33. The van der Waals surface area contributed by atoms with Crippen LogP contribution in [0.25, 0.3) is 10.2 Å². The Kier molecular flexibility index (Phi) is 7.84. The van der Waals surface area contributed by atoms with Crippen molar-refractivity contribution in [1.82, 2.24) is 13.9 Å². The molecule has 200 valence electrons. The molecule has 1 aliphatic heterocycles. The summed E-state index contributed by atoms with van der Waals surface area (Å²) < 4.78 is 40.4. The maximum Gasteiger partial charge on any atom is 0.263 e. The summed E-state index contributed by atoms with van der Waals surface area (Å²) in [6.07, 6.45) is 2.20. The minimum absolute atomic E-state index is 0.00810. The molecule has 1 aliphatic rings. The number of piperidine rings is 1. The SMILES string of the molecule is COc1cc(OC)c(NC(=O)Cn2cnc3sc(C)c(S(=O)(=O)N4C[C@@H](C)C[C@H](C)C4)c3c2=O)cc1Cl. The van der Waals surface area contributed by atoms with Crippen molar-refractivity contribution in [1.29, 1.82) is 0 Å². The van der Waals surface area contributed by atoms with Gasteiger partial charge in [0.05, 0.1) is 36.6 Å². The van der Waals surface area contributed by atoms with Crippen molar-refractivity contribution in [2.45, 2.75) is 38.6 Å². The number of ether oxygens (including phenoxy) is 2. The van der Waals surface area contributed by atoms with Gasteiger partial charge >= 0.3 is 0 Å². The molecule has 0 aliphatic carbocycles. The first-order valence-corrected chi connectivity index (χ1v) is 14.3. The second-order valence-electron chi connectivity index (χ2n) is 9.35. The van der Waals surface area contributed by atoms with Crippen LogP contribution in [0.3, 0.4) is 0 Å². The molecule has 3 aromatic rings. The van der Waals surface area contributed by atoms with E-state index in [1.54, 1.807) is 6.92 Å². The predicted octanol–water partition coefficient (Wildman–Crippen LogP) is 3.74. The van der Waals surface area contributed by atoms with Crippen LogP contribution in [0.15, 0.2) is 28.2 Å². The molecule has 4 rings (SSSR count). The van der Waals surface area contributed by atoms with Gasteiger partial charge in [-0.2, -0.15) is 4.31 Å². The number of rotatable bonds is 7. The van der Waals surface area contributed by atoms with Gasteiger partial charge in [0, 0.05) is 24.0 Å². The first-order valence-electron chi connectivity index (χ1n) is 11.7. The van der Waals surface area contributed by atoms with Gasteiger partial charge in [-0.05, 0) is 31.2 Å². The van der Waals surface area contributed by atoms with Gasteiger partial charge in [-0.3, -0.25) is 14.2 Å². The Balaban J connectivity index is 1.68. The minimum Gasteiger partial charge on any atom is -0.495 e. The number of carbonyl (C=O) groups excluding carboxylic acids is 1. The Morgan fingerprint density at radius 2 is 1.84 bits per heavy atom. The lowest BCUT2D eigenvalue weighted by Gasteiger charge is -2.34. The molecule has 0 bridgehead atoms. The second kappa shape index (κ2) is 10.6. The Morgan fingerprint density at radius 3 is 2.46 bits per heavy atom. The van der Waals surface area contributed by atoms with Gasteiger partial charge in [0.1, 0.15) is 27.8 Å². The Hall–Kier alpha value is -2.67. The van der Waals surface area contributed by atoms with Crippen molar-refractivity contribution in [2.24, 2.45) is 11.8 Å².